The van der Waals surface area contributed by atoms with E-state index in [1.807, 2.05) is 33.2 Å². The molecule has 0 unspecified atom stereocenters. The van der Waals surface area contributed by atoms with Crippen molar-refractivity contribution in [2.24, 2.45) is 0 Å². The normalized spacial score (nSPS) is 24.9. The van der Waals surface area contributed by atoms with Crippen LogP contribution in [0, 0.1) is 0 Å². The van der Waals surface area contributed by atoms with E-state index >= 15 is 0 Å². The van der Waals surface area contributed by atoms with Crippen LogP contribution in [-0.4, -0.2) is 27.3 Å². The van der Waals surface area contributed by atoms with Crippen molar-refractivity contribution in [2.45, 2.75) is 51.6 Å². The second kappa shape index (κ2) is 3.40. The molecule has 14 heavy (non-hydrogen) atoms. The molecule has 1 heterocycles. The molecule has 0 atom stereocenters. The molecule has 0 aromatic heterocycles. The van der Waals surface area contributed by atoms with Crippen LogP contribution in [0.1, 0.15) is 40.5 Å². The van der Waals surface area contributed by atoms with Crippen LogP contribution in [0.15, 0.2) is 0 Å². The molecule has 1 aliphatic rings. The molecule has 2 N–H and O–H groups in total. The van der Waals surface area contributed by atoms with E-state index in [1.54, 1.807) is 5.06 Å². The molecular weight excluding hydrogens is 184 g/mol. The Bertz CT molecular complexity index is 222. The molecule has 0 spiro atoms. The topological polar surface area (TPSA) is 61.8 Å². The van der Waals surface area contributed by atoms with Crippen molar-refractivity contribution in [3.63, 3.8) is 0 Å². The first kappa shape index (κ1) is 11.3. The van der Waals surface area contributed by atoms with Gasteiger partial charge in [-0.3, -0.25) is 0 Å². The summed E-state index contributed by atoms with van der Waals surface area (Å²) < 4.78 is 0. The monoisotopic (exact) mass is 202 g/mol. The van der Waals surface area contributed by atoms with Gasteiger partial charge in [0.15, 0.2) is 0 Å². The van der Waals surface area contributed by atoms with E-state index in [0.717, 1.165) is 12.8 Å². The van der Waals surface area contributed by atoms with Crippen LogP contribution in [0.3, 0.4) is 0 Å². The summed E-state index contributed by atoms with van der Waals surface area (Å²) in [5, 5.41) is 10.2. The Morgan fingerprint density at radius 3 is 2.07 bits per heavy atom. The first-order valence-electron chi connectivity index (χ1n) is 4.72. The molecule has 0 bridgehead atoms. The van der Waals surface area contributed by atoms with Crippen molar-refractivity contribution in [3.8, 4) is 0 Å². The van der Waals surface area contributed by atoms with Crippen LogP contribution in [0.25, 0.3) is 0 Å². The molecule has 1 amide bonds. The van der Waals surface area contributed by atoms with E-state index in [0.29, 0.717) is 0 Å². The van der Waals surface area contributed by atoms with Crippen LogP contribution in [0.2, 0.25) is 0 Å². The number of hydrogen-bond acceptors (Lipinski definition) is 3. The second-order valence-electron chi connectivity index (χ2n) is 4.92. The molecule has 1 rings (SSSR count). The number of hydrogen-bond donors (Lipinski definition) is 2. The van der Waals surface area contributed by atoms with Gasteiger partial charge in [-0.15, -0.1) is 0 Å². The average molecular weight is 202 g/mol. The van der Waals surface area contributed by atoms with Gasteiger partial charge < -0.3 is 5.11 Å². The van der Waals surface area contributed by atoms with Gasteiger partial charge in [-0.1, -0.05) is 0 Å². The molecule has 1 fully saturated rings. The SMILES string of the molecule is CC1(C)CCC(C)(C)N1ONC(=O)O. The van der Waals surface area contributed by atoms with E-state index < -0.39 is 6.09 Å². The number of carbonyl (C=O) groups is 1. The first-order chi connectivity index (χ1) is 6.26. The van der Waals surface area contributed by atoms with Gasteiger partial charge in [-0.25, -0.2) is 4.79 Å². The van der Waals surface area contributed by atoms with Crippen molar-refractivity contribution in [2.75, 3.05) is 0 Å². The standard InChI is InChI=1S/C9H18N2O3/c1-8(2)5-6-9(3,4)11(8)14-10-7(12)13/h10H,5-6H2,1-4H3,(H,12,13). The highest BCUT2D eigenvalue weighted by Crippen LogP contribution is 2.39. The highest BCUT2D eigenvalue weighted by molar-refractivity contribution is 5.62. The molecule has 0 radical (unpaired) electrons. The second-order valence-corrected chi connectivity index (χ2v) is 4.92. The molecule has 0 aromatic carbocycles. The van der Waals surface area contributed by atoms with Gasteiger partial charge in [-0.05, 0) is 40.5 Å². The molecule has 0 aliphatic carbocycles. The maximum absolute atomic E-state index is 10.3. The fourth-order valence-corrected chi connectivity index (χ4v) is 1.97. The Balaban J connectivity index is 2.66. The van der Waals surface area contributed by atoms with E-state index in [1.165, 1.54) is 0 Å². The third-order valence-corrected chi connectivity index (χ3v) is 2.67. The minimum absolute atomic E-state index is 0.133. The van der Waals surface area contributed by atoms with Crippen LogP contribution in [0.4, 0.5) is 4.79 Å². The zero-order valence-corrected chi connectivity index (χ0v) is 9.13. The third-order valence-electron chi connectivity index (χ3n) is 2.67. The smallest absolute Gasteiger partial charge is 0.430 e. The van der Waals surface area contributed by atoms with Gasteiger partial charge in [0, 0.05) is 11.1 Å². The quantitative estimate of drug-likeness (QED) is 0.670. The lowest BCUT2D eigenvalue weighted by atomic mass is 10.0. The summed E-state index contributed by atoms with van der Waals surface area (Å²) in [6.45, 7) is 8.13. The number of nitrogens with zero attached hydrogens (tertiary/aromatic N) is 1. The molecule has 1 saturated heterocycles. The predicted octanol–water partition coefficient (Wildman–Crippen LogP) is 1.75. The largest absolute Gasteiger partial charge is 0.464 e. The zero-order chi connectivity index (χ0) is 11.0. The van der Waals surface area contributed by atoms with Gasteiger partial charge >= 0.3 is 6.09 Å². The molecule has 5 nitrogen and oxygen atoms in total. The molecule has 5 heteroatoms. The molecule has 1 aliphatic heterocycles. The van der Waals surface area contributed by atoms with Crippen molar-refractivity contribution < 1.29 is 14.8 Å². The van der Waals surface area contributed by atoms with Crippen molar-refractivity contribution in [1.82, 2.24) is 10.5 Å². The minimum atomic E-state index is -1.18. The van der Waals surface area contributed by atoms with E-state index in [2.05, 4.69) is 0 Å². The fourth-order valence-electron chi connectivity index (χ4n) is 1.97. The van der Waals surface area contributed by atoms with E-state index in [4.69, 9.17) is 10.0 Å². The number of rotatable bonds is 2. The third kappa shape index (κ3) is 2.16. The highest BCUT2D eigenvalue weighted by atomic mass is 16.8. The fraction of sp³-hybridized carbons (Fsp3) is 0.889. The Morgan fingerprint density at radius 1 is 1.29 bits per heavy atom. The highest BCUT2D eigenvalue weighted by Gasteiger charge is 2.46. The number of hydroxylamine groups is 3. The Morgan fingerprint density at radius 2 is 1.71 bits per heavy atom. The Labute approximate surface area is 83.9 Å². The summed E-state index contributed by atoms with van der Waals surface area (Å²) in [6.07, 6.45) is 0.797. The molecular formula is C9H18N2O3. The molecule has 0 aromatic rings. The summed E-state index contributed by atoms with van der Waals surface area (Å²) >= 11 is 0. The summed E-state index contributed by atoms with van der Waals surface area (Å²) in [6, 6.07) is 0. The summed E-state index contributed by atoms with van der Waals surface area (Å²) in [7, 11) is 0. The maximum Gasteiger partial charge on any atom is 0.430 e. The van der Waals surface area contributed by atoms with Gasteiger partial charge in [0.2, 0.25) is 0 Å². The lowest BCUT2D eigenvalue weighted by molar-refractivity contribution is -0.270. The van der Waals surface area contributed by atoms with Crippen molar-refractivity contribution in [1.29, 1.82) is 0 Å². The van der Waals surface area contributed by atoms with Crippen LogP contribution >= 0.6 is 0 Å². The number of nitrogens with one attached hydrogen (secondary N) is 1. The van der Waals surface area contributed by atoms with Gasteiger partial charge in [0.25, 0.3) is 0 Å². The Kier molecular flexibility index (Phi) is 2.74. The van der Waals surface area contributed by atoms with Crippen LogP contribution in [0.5, 0.6) is 0 Å². The average Bonchev–Trinajstić information content (AvgIpc) is 2.19. The number of carboxylic acid groups (broad SMARTS) is 1. The van der Waals surface area contributed by atoms with Gasteiger partial charge in [0.1, 0.15) is 0 Å². The molecule has 82 valence electrons. The zero-order valence-electron chi connectivity index (χ0n) is 9.13. The Hall–Kier alpha value is -0.810. The predicted molar refractivity (Wildman–Crippen MR) is 51.5 cm³/mol. The van der Waals surface area contributed by atoms with Crippen LogP contribution in [-0.2, 0) is 4.94 Å². The number of amides is 1. The first-order valence-corrected chi connectivity index (χ1v) is 4.72. The summed E-state index contributed by atoms with van der Waals surface area (Å²) in [5.41, 5.74) is 1.68. The summed E-state index contributed by atoms with van der Waals surface area (Å²) in [5.74, 6) is 0. The lowest BCUT2D eigenvalue weighted by Crippen LogP contribution is -2.51. The molecule has 0 saturated carbocycles. The maximum atomic E-state index is 10.3. The van der Waals surface area contributed by atoms with E-state index in [9.17, 15) is 4.79 Å². The summed E-state index contributed by atoms with van der Waals surface area (Å²) in [4.78, 5) is 15.4. The van der Waals surface area contributed by atoms with Crippen LogP contribution < -0.4 is 5.48 Å². The van der Waals surface area contributed by atoms with Gasteiger partial charge in [0.05, 0.1) is 0 Å². The van der Waals surface area contributed by atoms with E-state index in [-0.39, 0.29) is 11.1 Å². The van der Waals surface area contributed by atoms with Gasteiger partial charge in [-0.2, -0.15) is 15.5 Å². The van der Waals surface area contributed by atoms with Crippen molar-refractivity contribution >= 4 is 6.09 Å². The van der Waals surface area contributed by atoms with Crippen molar-refractivity contribution in [3.05, 3.63) is 0 Å². The minimum Gasteiger partial charge on any atom is -0.464 e. The lowest BCUT2D eigenvalue weighted by Gasteiger charge is -2.37.